The number of para-hydroxylation sites is 1. The molecule has 1 aliphatic heterocycles. The molecule has 114 valence electrons. The summed E-state index contributed by atoms with van der Waals surface area (Å²) in [6.45, 7) is 2.27. The molecular weight excluding hydrogens is 276 g/mol. The summed E-state index contributed by atoms with van der Waals surface area (Å²) in [6, 6.07) is 16.4. The number of hydrogen-bond acceptors (Lipinski definition) is 3. The van der Waals surface area contributed by atoms with E-state index >= 15 is 0 Å². The molecule has 2 aromatic carbocycles. The number of hydrogen-bond donors (Lipinski definition) is 0. The van der Waals surface area contributed by atoms with Crippen LogP contribution in [0.2, 0.25) is 0 Å². The standard InChI is InChI=1S/C19H20O3/c1-2-21-19(20)13-7-12-18-16-9-4-3-8-14(16)15-10-5-6-11-17(15)22-18/h3-6,8-11,18H,2,7,12-13H2,1H3. The Kier molecular flexibility index (Phi) is 4.42. The second-order valence-electron chi connectivity index (χ2n) is 5.39. The molecule has 3 heteroatoms. The summed E-state index contributed by atoms with van der Waals surface area (Å²) < 4.78 is 11.1. The lowest BCUT2D eigenvalue weighted by Gasteiger charge is -2.28. The summed E-state index contributed by atoms with van der Waals surface area (Å²) in [6.07, 6.45) is 2.02. The first kappa shape index (κ1) is 14.6. The Labute approximate surface area is 130 Å². The van der Waals surface area contributed by atoms with Gasteiger partial charge in [-0.25, -0.2) is 0 Å². The van der Waals surface area contributed by atoms with Crippen LogP contribution < -0.4 is 4.74 Å². The van der Waals surface area contributed by atoms with E-state index in [0.717, 1.165) is 24.2 Å². The van der Waals surface area contributed by atoms with Crippen LogP contribution in [-0.4, -0.2) is 12.6 Å². The van der Waals surface area contributed by atoms with Gasteiger partial charge in [-0.05, 0) is 31.4 Å². The Hall–Kier alpha value is -2.29. The van der Waals surface area contributed by atoms with Crippen molar-refractivity contribution >= 4 is 5.97 Å². The molecule has 0 fully saturated rings. The first-order chi connectivity index (χ1) is 10.8. The van der Waals surface area contributed by atoms with Gasteiger partial charge in [0.2, 0.25) is 0 Å². The van der Waals surface area contributed by atoms with Gasteiger partial charge in [-0.3, -0.25) is 4.79 Å². The molecule has 22 heavy (non-hydrogen) atoms. The Balaban J connectivity index is 1.76. The minimum atomic E-state index is -0.132. The van der Waals surface area contributed by atoms with Gasteiger partial charge < -0.3 is 9.47 Å². The van der Waals surface area contributed by atoms with Crippen molar-refractivity contribution in [2.24, 2.45) is 0 Å². The van der Waals surface area contributed by atoms with Crippen LogP contribution in [-0.2, 0) is 9.53 Å². The van der Waals surface area contributed by atoms with Crippen LogP contribution >= 0.6 is 0 Å². The number of esters is 1. The molecule has 1 heterocycles. The largest absolute Gasteiger partial charge is 0.485 e. The van der Waals surface area contributed by atoms with Gasteiger partial charge in [-0.1, -0.05) is 42.5 Å². The summed E-state index contributed by atoms with van der Waals surface area (Å²) in [5.74, 6) is 0.786. The third kappa shape index (κ3) is 2.98. The maximum atomic E-state index is 11.5. The fourth-order valence-electron chi connectivity index (χ4n) is 2.91. The van der Waals surface area contributed by atoms with Crippen molar-refractivity contribution in [1.82, 2.24) is 0 Å². The van der Waals surface area contributed by atoms with Crippen LogP contribution in [0.3, 0.4) is 0 Å². The van der Waals surface area contributed by atoms with Crippen molar-refractivity contribution in [1.29, 1.82) is 0 Å². The van der Waals surface area contributed by atoms with Crippen molar-refractivity contribution < 1.29 is 14.3 Å². The molecular formula is C19H20O3. The third-order valence-corrected chi connectivity index (χ3v) is 3.91. The molecule has 1 aliphatic rings. The highest BCUT2D eigenvalue weighted by Crippen LogP contribution is 2.43. The van der Waals surface area contributed by atoms with Gasteiger partial charge in [0.1, 0.15) is 11.9 Å². The summed E-state index contributed by atoms with van der Waals surface area (Å²) >= 11 is 0. The molecule has 3 nitrogen and oxygen atoms in total. The predicted molar refractivity (Wildman–Crippen MR) is 85.7 cm³/mol. The number of carbonyl (C=O) groups is 1. The molecule has 0 radical (unpaired) electrons. The number of rotatable bonds is 5. The van der Waals surface area contributed by atoms with Crippen LogP contribution in [0, 0.1) is 0 Å². The highest BCUT2D eigenvalue weighted by atomic mass is 16.5. The van der Waals surface area contributed by atoms with Crippen molar-refractivity contribution in [2.75, 3.05) is 6.61 Å². The van der Waals surface area contributed by atoms with Crippen LogP contribution in [0.15, 0.2) is 48.5 Å². The zero-order valence-corrected chi connectivity index (χ0v) is 12.7. The van der Waals surface area contributed by atoms with E-state index in [1.54, 1.807) is 0 Å². The Morgan fingerprint density at radius 1 is 1.09 bits per heavy atom. The van der Waals surface area contributed by atoms with Crippen LogP contribution in [0.25, 0.3) is 11.1 Å². The topological polar surface area (TPSA) is 35.5 Å². The molecule has 0 amide bonds. The molecule has 1 atom stereocenters. The molecule has 0 aliphatic carbocycles. The lowest BCUT2D eigenvalue weighted by atomic mass is 9.91. The smallest absolute Gasteiger partial charge is 0.305 e. The Morgan fingerprint density at radius 3 is 2.64 bits per heavy atom. The van der Waals surface area contributed by atoms with E-state index < -0.39 is 0 Å². The SMILES string of the molecule is CCOC(=O)CCCC1Oc2ccccc2-c2ccccc21. The molecule has 0 bridgehead atoms. The second-order valence-corrected chi connectivity index (χ2v) is 5.39. The van der Waals surface area contributed by atoms with E-state index in [-0.39, 0.29) is 12.1 Å². The van der Waals surface area contributed by atoms with E-state index in [9.17, 15) is 4.79 Å². The average molecular weight is 296 g/mol. The highest BCUT2D eigenvalue weighted by molar-refractivity contribution is 5.75. The van der Waals surface area contributed by atoms with E-state index in [1.165, 1.54) is 11.1 Å². The maximum Gasteiger partial charge on any atom is 0.305 e. The molecule has 2 aromatic rings. The first-order valence-electron chi connectivity index (χ1n) is 7.80. The van der Waals surface area contributed by atoms with E-state index in [1.807, 2.05) is 31.2 Å². The molecule has 0 spiro atoms. The van der Waals surface area contributed by atoms with Gasteiger partial charge in [-0.2, -0.15) is 0 Å². The molecule has 0 saturated carbocycles. The summed E-state index contributed by atoms with van der Waals surface area (Å²) in [4.78, 5) is 11.5. The van der Waals surface area contributed by atoms with Gasteiger partial charge in [-0.15, -0.1) is 0 Å². The van der Waals surface area contributed by atoms with Gasteiger partial charge in [0, 0.05) is 17.5 Å². The van der Waals surface area contributed by atoms with Crippen molar-refractivity contribution in [3.05, 3.63) is 54.1 Å². The third-order valence-electron chi connectivity index (χ3n) is 3.91. The average Bonchev–Trinajstić information content (AvgIpc) is 2.55. The van der Waals surface area contributed by atoms with Gasteiger partial charge in [0.25, 0.3) is 0 Å². The minimum absolute atomic E-state index is 0.000488. The highest BCUT2D eigenvalue weighted by Gasteiger charge is 2.25. The molecule has 0 saturated heterocycles. The Bertz CT molecular complexity index is 663. The van der Waals surface area contributed by atoms with Gasteiger partial charge in [0.15, 0.2) is 0 Å². The van der Waals surface area contributed by atoms with Crippen LogP contribution in [0.5, 0.6) is 5.75 Å². The second kappa shape index (κ2) is 6.65. The van der Waals surface area contributed by atoms with Gasteiger partial charge >= 0.3 is 5.97 Å². The minimum Gasteiger partial charge on any atom is -0.485 e. The van der Waals surface area contributed by atoms with Crippen molar-refractivity contribution in [3.63, 3.8) is 0 Å². The summed E-state index contributed by atoms with van der Waals surface area (Å²) in [5.41, 5.74) is 3.57. The first-order valence-corrected chi connectivity index (χ1v) is 7.80. The molecule has 0 aromatic heterocycles. The van der Waals surface area contributed by atoms with Crippen LogP contribution in [0.1, 0.15) is 37.9 Å². The van der Waals surface area contributed by atoms with Crippen molar-refractivity contribution in [2.45, 2.75) is 32.3 Å². The maximum absolute atomic E-state index is 11.5. The van der Waals surface area contributed by atoms with E-state index in [4.69, 9.17) is 9.47 Å². The monoisotopic (exact) mass is 296 g/mol. The lowest BCUT2D eigenvalue weighted by molar-refractivity contribution is -0.143. The van der Waals surface area contributed by atoms with E-state index in [0.29, 0.717) is 13.0 Å². The number of fused-ring (bicyclic) bond motifs is 3. The predicted octanol–water partition coefficient (Wildman–Crippen LogP) is 4.52. The zero-order chi connectivity index (χ0) is 15.4. The number of carbonyl (C=O) groups excluding carboxylic acids is 1. The Morgan fingerprint density at radius 2 is 1.82 bits per heavy atom. The van der Waals surface area contributed by atoms with Crippen LogP contribution in [0.4, 0.5) is 0 Å². The summed E-state index contributed by atoms with van der Waals surface area (Å²) in [5, 5.41) is 0. The summed E-state index contributed by atoms with van der Waals surface area (Å²) in [7, 11) is 0. The molecule has 3 rings (SSSR count). The molecule has 1 unspecified atom stereocenters. The van der Waals surface area contributed by atoms with Gasteiger partial charge in [0.05, 0.1) is 6.61 Å². The van der Waals surface area contributed by atoms with Crippen molar-refractivity contribution in [3.8, 4) is 16.9 Å². The lowest BCUT2D eigenvalue weighted by Crippen LogP contribution is -2.14. The zero-order valence-electron chi connectivity index (χ0n) is 12.7. The molecule has 0 N–H and O–H groups in total. The fourth-order valence-corrected chi connectivity index (χ4v) is 2.91. The number of ether oxygens (including phenoxy) is 2. The fraction of sp³-hybridized carbons (Fsp3) is 0.316. The quantitative estimate of drug-likeness (QED) is 0.761. The van der Waals surface area contributed by atoms with E-state index in [2.05, 4.69) is 24.3 Å². The number of benzene rings is 2. The normalized spacial score (nSPS) is 15.4.